The van der Waals surface area contributed by atoms with E-state index < -0.39 is 11.7 Å². The summed E-state index contributed by atoms with van der Waals surface area (Å²) in [5.74, 6) is -0.0980. The third-order valence-electron chi connectivity index (χ3n) is 4.12. The van der Waals surface area contributed by atoms with Gasteiger partial charge in [-0.1, -0.05) is 0 Å². The number of aromatic nitrogens is 5. The Kier molecular flexibility index (Phi) is 4.50. The molecule has 29 heavy (non-hydrogen) atoms. The molecule has 7 nitrogen and oxygen atoms in total. The molecule has 0 saturated heterocycles. The van der Waals surface area contributed by atoms with Crippen LogP contribution in [0.25, 0.3) is 16.8 Å². The quantitative estimate of drug-likeness (QED) is 0.500. The van der Waals surface area contributed by atoms with Gasteiger partial charge >= 0.3 is 6.18 Å². The van der Waals surface area contributed by atoms with Gasteiger partial charge in [0.05, 0.1) is 5.56 Å². The van der Waals surface area contributed by atoms with Gasteiger partial charge < -0.3 is 9.30 Å². The Labute approximate surface area is 165 Å². The first kappa shape index (κ1) is 18.9. The largest absolute Gasteiger partial charge is 0.437 e. The van der Waals surface area contributed by atoms with E-state index in [1.54, 1.807) is 7.05 Å². The minimum Gasteiger partial charge on any atom is -0.437 e. The van der Waals surface area contributed by atoms with Crippen LogP contribution in [-0.4, -0.2) is 24.4 Å². The summed E-state index contributed by atoms with van der Waals surface area (Å²) in [5, 5.41) is 11.5. The van der Waals surface area contributed by atoms with E-state index in [9.17, 15) is 18.0 Å². The van der Waals surface area contributed by atoms with E-state index in [4.69, 9.17) is 16.3 Å². The van der Waals surface area contributed by atoms with Gasteiger partial charge in [-0.05, 0) is 41.9 Å². The molecule has 4 rings (SSSR count). The Morgan fingerprint density at radius 1 is 1.07 bits per heavy atom. The molecule has 1 aromatic carbocycles. The number of aryl methyl sites for hydroxylation is 1. The average molecular weight is 422 g/mol. The Morgan fingerprint density at radius 3 is 2.59 bits per heavy atom. The molecule has 0 amide bonds. The summed E-state index contributed by atoms with van der Waals surface area (Å²) in [5.41, 5.74) is 0.0660. The molecule has 0 bridgehead atoms. The molecule has 0 spiro atoms. The highest BCUT2D eigenvalue weighted by Gasteiger charge is 2.31. The van der Waals surface area contributed by atoms with Crippen molar-refractivity contribution in [1.82, 2.24) is 24.4 Å². The van der Waals surface area contributed by atoms with E-state index in [1.165, 1.54) is 45.6 Å². The smallest absolute Gasteiger partial charge is 0.416 e. The number of halogens is 4. The second-order valence-electron chi connectivity index (χ2n) is 6.09. The maximum atomic E-state index is 13.2. The Morgan fingerprint density at radius 2 is 1.86 bits per heavy atom. The number of rotatable bonds is 3. The number of alkyl halides is 3. The van der Waals surface area contributed by atoms with Crippen molar-refractivity contribution in [3.63, 3.8) is 0 Å². The topological polar surface area (TPSA) is 74.3 Å². The maximum Gasteiger partial charge on any atom is 0.416 e. The highest BCUT2D eigenvalue weighted by molar-refractivity contribution is 6.28. The standard InChI is InChI=1S/C18H11ClF3N5O2/c1-26-9-10(2-7-16(26)28)12-4-3-11(18(20,21)22)8-13(12)29-15-6-5-14-23-24-17(19)27(14)25-15/h2-9H,1H3. The van der Waals surface area contributed by atoms with Gasteiger partial charge in [-0.25, -0.2) is 0 Å². The van der Waals surface area contributed by atoms with E-state index in [0.717, 1.165) is 12.1 Å². The highest BCUT2D eigenvalue weighted by Crippen LogP contribution is 2.38. The summed E-state index contributed by atoms with van der Waals surface area (Å²) < 4.78 is 47.8. The van der Waals surface area contributed by atoms with E-state index in [0.29, 0.717) is 16.8 Å². The number of pyridine rings is 1. The molecule has 11 heteroatoms. The number of fused-ring (bicyclic) bond motifs is 1. The first-order chi connectivity index (χ1) is 13.7. The van der Waals surface area contributed by atoms with Gasteiger partial charge in [0.1, 0.15) is 5.75 Å². The second-order valence-corrected chi connectivity index (χ2v) is 6.43. The van der Waals surface area contributed by atoms with Crippen molar-refractivity contribution >= 4 is 17.2 Å². The lowest BCUT2D eigenvalue weighted by molar-refractivity contribution is -0.137. The van der Waals surface area contributed by atoms with Gasteiger partial charge in [0.15, 0.2) is 5.65 Å². The van der Waals surface area contributed by atoms with E-state index in [-0.39, 0.29) is 22.5 Å². The van der Waals surface area contributed by atoms with Crippen LogP contribution in [0.5, 0.6) is 11.6 Å². The van der Waals surface area contributed by atoms with Gasteiger partial charge in [-0.15, -0.1) is 15.3 Å². The summed E-state index contributed by atoms with van der Waals surface area (Å²) in [6, 6.07) is 8.87. The maximum absolute atomic E-state index is 13.2. The summed E-state index contributed by atoms with van der Waals surface area (Å²) in [6.45, 7) is 0. The molecule has 0 aliphatic heterocycles. The van der Waals surface area contributed by atoms with Gasteiger partial charge in [0, 0.05) is 36.5 Å². The molecule has 148 valence electrons. The summed E-state index contributed by atoms with van der Waals surface area (Å²) in [7, 11) is 1.54. The fraction of sp³-hybridized carbons (Fsp3) is 0.111. The summed E-state index contributed by atoms with van der Waals surface area (Å²) in [6.07, 6.45) is -3.06. The Balaban J connectivity index is 1.84. The van der Waals surface area contributed by atoms with Crippen molar-refractivity contribution in [3.8, 4) is 22.8 Å². The van der Waals surface area contributed by atoms with Gasteiger partial charge in [0.2, 0.25) is 16.7 Å². The zero-order valence-electron chi connectivity index (χ0n) is 14.7. The molecule has 3 heterocycles. The molecule has 0 aliphatic carbocycles. The minimum atomic E-state index is -4.56. The number of nitrogens with zero attached hydrogens (tertiary/aromatic N) is 5. The van der Waals surface area contributed by atoms with Crippen molar-refractivity contribution in [1.29, 1.82) is 0 Å². The van der Waals surface area contributed by atoms with Gasteiger partial charge in [0.25, 0.3) is 0 Å². The van der Waals surface area contributed by atoms with Crippen LogP contribution in [0.3, 0.4) is 0 Å². The molecule has 0 aliphatic rings. The van der Waals surface area contributed by atoms with E-state index >= 15 is 0 Å². The lowest BCUT2D eigenvalue weighted by Gasteiger charge is -2.14. The minimum absolute atomic E-state index is 0.00963. The SMILES string of the molecule is Cn1cc(-c2ccc(C(F)(F)F)cc2Oc2ccc3nnc(Cl)n3n2)ccc1=O. The molecule has 4 aromatic rings. The van der Waals surface area contributed by atoms with Crippen LogP contribution in [0.15, 0.2) is 53.5 Å². The molecular weight excluding hydrogens is 411 g/mol. The molecule has 0 N–H and O–H groups in total. The molecular formula is C18H11ClF3N5O2. The summed E-state index contributed by atoms with van der Waals surface area (Å²) in [4.78, 5) is 11.6. The van der Waals surface area contributed by atoms with Crippen LogP contribution in [0.1, 0.15) is 5.56 Å². The lowest BCUT2D eigenvalue weighted by atomic mass is 10.0. The number of ether oxygens (including phenoxy) is 1. The monoisotopic (exact) mass is 421 g/mol. The zero-order valence-corrected chi connectivity index (χ0v) is 15.4. The molecule has 0 atom stereocenters. The Hall–Kier alpha value is -3.40. The van der Waals surface area contributed by atoms with Crippen molar-refractivity contribution in [3.05, 3.63) is 69.9 Å². The zero-order chi connectivity index (χ0) is 20.8. The Bertz CT molecular complexity index is 1280. The van der Waals surface area contributed by atoms with Gasteiger partial charge in [-0.2, -0.15) is 17.7 Å². The third-order valence-corrected chi connectivity index (χ3v) is 4.36. The van der Waals surface area contributed by atoms with Crippen LogP contribution >= 0.6 is 11.6 Å². The molecule has 0 radical (unpaired) electrons. The average Bonchev–Trinajstić information content (AvgIpc) is 3.04. The van der Waals surface area contributed by atoms with Crippen molar-refractivity contribution in [2.45, 2.75) is 6.18 Å². The predicted molar refractivity (Wildman–Crippen MR) is 98.0 cm³/mol. The molecule has 0 saturated carbocycles. The van der Waals surface area contributed by atoms with Crippen LogP contribution in [0.2, 0.25) is 5.28 Å². The van der Waals surface area contributed by atoms with Crippen molar-refractivity contribution in [2.24, 2.45) is 7.05 Å². The molecule has 0 unspecified atom stereocenters. The fourth-order valence-electron chi connectivity index (χ4n) is 2.69. The number of hydrogen-bond acceptors (Lipinski definition) is 5. The van der Waals surface area contributed by atoms with E-state index in [2.05, 4.69) is 15.3 Å². The third kappa shape index (κ3) is 3.66. The first-order valence-corrected chi connectivity index (χ1v) is 8.54. The highest BCUT2D eigenvalue weighted by atomic mass is 35.5. The molecule has 0 fully saturated rings. The second kappa shape index (κ2) is 6.89. The van der Waals surface area contributed by atoms with Crippen LogP contribution < -0.4 is 10.3 Å². The normalized spacial score (nSPS) is 11.8. The first-order valence-electron chi connectivity index (χ1n) is 8.16. The van der Waals surface area contributed by atoms with Gasteiger partial charge in [-0.3, -0.25) is 4.79 Å². The van der Waals surface area contributed by atoms with Crippen molar-refractivity contribution in [2.75, 3.05) is 0 Å². The lowest BCUT2D eigenvalue weighted by Crippen LogP contribution is -2.14. The fourth-order valence-corrected chi connectivity index (χ4v) is 2.85. The van der Waals surface area contributed by atoms with Crippen LogP contribution in [0.4, 0.5) is 13.2 Å². The van der Waals surface area contributed by atoms with E-state index in [1.807, 2.05) is 0 Å². The molecule has 3 aromatic heterocycles. The van der Waals surface area contributed by atoms with Crippen LogP contribution in [0, 0.1) is 0 Å². The van der Waals surface area contributed by atoms with Crippen LogP contribution in [-0.2, 0) is 13.2 Å². The predicted octanol–water partition coefficient (Wildman–Crippen LogP) is 3.95. The number of benzene rings is 1. The number of hydrogen-bond donors (Lipinski definition) is 0. The summed E-state index contributed by atoms with van der Waals surface area (Å²) >= 11 is 5.88. The van der Waals surface area contributed by atoms with Crippen molar-refractivity contribution < 1.29 is 17.9 Å².